The van der Waals surface area contributed by atoms with Crippen molar-refractivity contribution in [3.05, 3.63) is 216 Å². The number of para-hydroxylation sites is 6. The average Bonchev–Trinajstić information content (AvgIpc) is 4.63. The number of aliphatic carboxylic acids is 1. The predicted octanol–water partition coefficient (Wildman–Crippen LogP) is 7.17. The Bertz CT molecular complexity index is 4450. The molecule has 0 radical (unpaired) electrons. The van der Waals surface area contributed by atoms with E-state index in [-0.39, 0.29) is 38.5 Å². The van der Waals surface area contributed by atoms with Crippen molar-refractivity contribution in [3.8, 4) is 0 Å². The Kier molecular flexibility index (Phi) is 15.5. The number of nitrogens with one attached hydrogen (secondary N) is 11. The number of fused-ring (bicyclic) bond motifs is 6. The third-order valence-corrected chi connectivity index (χ3v) is 16.1. The van der Waals surface area contributed by atoms with Crippen LogP contribution in [0.2, 0.25) is 0 Å². The van der Waals surface area contributed by atoms with E-state index in [9.17, 15) is 19.5 Å². The number of carbonyl (C=O) groups excluding carboxylic acids is 5. The molecule has 14 N–H and O–H groups in total. The summed E-state index contributed by atoms with van der Waals surface area (Å²) in [6.45, 7) is 0. The molecule has 0 saturated heterocycles. The summed E-state index contributed by atoms with van der Waals surface area (Å²) in [5, 5.41) is 30.1. The number of amides is 5. The summed E-state index contributed by atoms with van der Waals surface area (Å²) in [5.41, 5.74) is 15.8. The van der Waals surface area contributed by atoms with E-state index in [0.717, 1.165) is 76.5 Å². The normalized spacial score (nSPS) is 13.8. The van der Waals surface area contributed by atoms with E-state index in [2.05, 4.69) is 56.5 Å². The van der Waals surface area contributed by atoms with E-state index in [1.165, 1.54) is 0 Å². The number of carboxylic acid groups (broad SMARTS) is 1. The summed E-state index contributed by atoms with van der Waals surface area (Å²) in [6, 6.07) is 37.4. The van der Waals surface area contributed by atoms with E-state index in [1.807, 2.05) is 152 Å². The minimum atomic E-state index is -1.40. The van der Waals surface area contributed by atoms with Gasteiger partial charge < -0.3 is 67.3 Å². The molecule has 6 atom stereocenters. The molecule has 0 unspecified atom stereocenters. The van der Waals surface area contributed by atoms with Gasteiger partial charge in [0.15, 0.2) is 0 Å². The molecule has 0 bridgehead atoms. The second kappa shape index (κ2) is 24.0. The van der Waals surface area contributed by atoms with Crippen LogP contribution in [0.25, 0.3) is 65.4 Å². The number of nitrogens with two attached hydrogens (primary N) is 1. The number of carboxylic acids is 1. The van der Waals surface area contributed by atoms with E-state index in [1.54, 1.807) is 31.0 Å². The minimum Gasteiger partial charge on any atom is -0.480 e. The lowest BCUT2D eigenvalue weighted by atomic mass is 9.99. The molecule has 19 heteroatoms. The molecular formula is C66H62N12O7. The van der Waals surface area contributed by atoms with Gasteiger partial charge in [-0.3, -0.25) is 24.0 Å². The first kappa shape index (κ1) is 54.9. The Morgan fingerprint density at radius 3 is 0.753 bits per heavy atom. The maximum Gasteiger partial charge on any atom is 0.326 e. The highest BCUT2D eigenvalue weighted by molar-refractivity contribution is 5.99. The molecular weight excluding hydrogens is 1070 g/mol. The molecule has 0 aliphatic heterocycles. The molecule has 0 aliphatic rings. The van der Waals surface area contributed by atoms with E-state index >= 15 is 14.4 Å². The van der Waals surface area contributed by atoms with Gasteiger partial charge in [0.2, 0.25) is 29.5 Å². The number of rotatable bonds is 23. The van der Waals surface area contributed by atoms with Crippen molar-refractivity contribution in [3.63, 3.8) is 0 Å². The van der Waals surface area contributed by atoms with Gasteiger partial charge in [-0.25, -0.2) is 4.79 Å². The SMILES string of the molecule is N[C@@H](Cc1c[nH]c2ccccc12)C(=O)N[C@@H](Cc1c[nH]c2ccccc12)C(=O)N[C@@H](Cc1c[nH]c2ccccc12)C(=O)N[C@@H](Cc1c[nH]c2ccccc12)C(=O)N[C@@H](Cc1c[nH]c2ccccc12)C(=O)N[C@@H](Cc1c[nH]c2ccccc12)C(=O)O. The van der Waals surface area contributed by atoms with Crippen molar-refractivity contribution in [2.45, 2.75) is 74.8 Å². The molecule has 6 aromatic carbocycles. The van der Waals surface area contributed by atoms with E-state index in [0.29, 0.717) is 22.3 Å². The number of hydrogen-bond donors (Lipinski definition) is 13. The molecule has 6 aromatic heterocycles. The van der Waals surface area contributed by atoms with Crippen molar-refractivity contribution in [2.24, 2.45) is 5.73 Å². The monoisotopic (exact) mass is 1130 g/mol. The van der Waals surface area contributed by atoms with Gasteiger partial charge in [-0.15, -0.1) is 0 Å². The smallest absolute Gasteiger partial charge is 0.326 e. The first-order valence-corrected chi connectivity index (χ1v) is 28.2. The summed E-state index contributed by atoms with van der Waals surface area (Å²) in [4.78, 5) is 108. The Morgan fingerprint density at radius 1 is 0.306 bits per heavy atom. The summed E-state index contributed by atoms with van der Waals surface area (Å²) >= 11 is 0. The van der Waals surface area contributed by atoms with Crippen molar-refractivity contribution >= 4 is 101 Å². The lowest BCUT2D eigenvalue weighted by Gasteiger charge is -2.27. The predicted molar refractivity (Wildman–Crippen MR) is 327 cm³/mol. The van der Waals surface area contributed by atoms with Crippen LogP contribution in [0, 0.1) is 0 Å². The Balaban J connectivity index is 0.866. The molecule has 0 saturated carbocycles. The average molecular weight is 1140 g/mol. The van der Waals surface area contributed by atoms with Gasteiger partial charge >= 0.3 is 5.97 Å². The molecule has 428 valence electrons. The van der Waals surface area contributed by atoms with Crippen LogP contribution in [-0.2, 0) is 67.3 Å². The lowest BCUT2D eigenvalue weighted by molar-refractivity contribution is -0.142. The largest absolute Gasteiger partial charge is 0.480 e. The molecule has 12 aromatic rings. The molecule has 5 amide bonds. The van der Waals surface area contributed by atoms with Crippen LogP contribution < -0.4 is 32.3 Å². The molecule has 0 spiro atoms. The molecule has 19 nitrogen and oxygen atoms in total. The quantitative estimate of drug-likeness (QED) is 0.0311. The summed E-state index contributed by atoms with van der Waals surface area (Å²) < 4.78 is 0. The van der Waals surface area contributed by atoms with Crippen LogP contribution in [0.15, 0.2) is 183 Å². The maximum atomic E-state index is 15.5. The van der Waals surface area contributed by atoms with Gasteiger partial charge in [-0.1, -0.05) is 109 Å². The summed E-state index contributed by atoms with van der Waals surface area (Å²) in [5.74, 6) is -4.82. The number of carbonyl (C=O) groups is 6. The summed E-state index contributed by atoms with van der Waals surface area (Å²) in [6.07, 6.45) is 10.5. The molecule has 12 rings (SSSR count). The zero-order chi connectivity index (χ0) is 58.6. The molecule has 0 fully saturated rings. The molecule has 0 aliphatic carbocycles. The number of H-pyrrole nitrogens is 6. The minimum absolute atomic E-state index is 0.0127. The van der Waals surface area contributed by atoms with Crippen LogP contribution in [0.1, 0.15) is 33.4 Å². The second-order valence-electron chi connectivity index (χ2n) is 21.6. The standard InChI is InChI=1S/C66H62N12O7/c67-49(25-37-31-68-50-19-7-1-13-43(37)50)61(79)74-56(26-38-32-69-51-20-8-2-14-44(38)51)62(80)75-57(27-39-33-70-52-21-9-3-15-45(39)52)63(81)76-58(28-40-34-71-53-22-10-4-16-46(40)53)64(82)77-59(29-41-35-72-54-23-11-5-17-47(41)54)65(83)78-60(66(84)85)30-42-36-73-55-24-12-6-18-48(42)55/h1-24,31-36,49,56-60,68-73H,25-30,67H2,(H,74,79)(H,75,80)(H,76,81)(H,77,82)(H,78,83)(H,84,85)/t49-,56-,57-,58-,59-,60-/m0/s1. The Labute approximate surface area is 485 Å². The highest BCUT2D eigenvalue weighted by atomic mass is 16.4. The van der Waals surface area contributed by atoms with Crippen LogP contribution in [0.3, 0.4) is 0 Å². The summed E-state index contributed by atoms with van der Waals surface area (Å²) in [7, 11) is 0. The molecule has 85 heavy (non-hydrogen) atoms. The van der Waals surface area contributed by atoms with Gasteiger partial charge in [0.1, 0.15) is 30.2 Å². The number of aromatic nitrogens is 6. The Hall–Kier alpha value is -10.7. The fourth-order valence-corrected chi connectivity index (χ4v) is 11.6. The highest BCUT2D eigenvalue weighted by Crippen LogP contribution is 2.26. The zero-order valence-electron chi connectivity index (χ0n) is 46.0. The topological polar surface area (TPSA) is 304 Å². The van der Waals surface area contributed by atoms with E-state index < -0.39 is 71.8 Å². The fourth-order valence-electron chi connectivity index (χ4n) is 11.6. The van der Waals surface area contributed by atoms with Gasteiger partial charge in [0.05, 0.1) is 6.04 Å². The lowest BCUT2D eigenvalue weighted by Crippen LogP contribution is -2.60. The third-order valence-electron chi connectivity index (χ3n) is 16.1. The highest BCUT2D eigenvalue weighted by Gasteiger charge is 2.35. The number of aromatic amines is 6. The third kappa shape index (κ3) is 11.9. The fraction of sp³-hybridized carbons (Fsp3) is 0.182. The van der Waals surface area contributed by atoms with E-state index in [4.69, 9.17) is 5.73 Å². The number of benzene rings is 6. The second-order valence-corrected chi connectivity index (χ2v) is 21.6. The van der Waals surface area contributed by atoms with Gasteiger partial charge in [0, 0.05) is 135 Å². The van der Waals surface area contributed by atoms with Gasteiger partial charge in [-0.05, 0) is 76.2 Å². The van der Waals surface area contributed by atoms with Crippen LogP contribution >= 0.6 is 0 Å². The zero-order valence-corrected chi connectivity index (χ0v) is 46.0. The maximum absolute atomic E-state index is 15.5. The first-order valence-electron chi connectivity index (χ1n) is 28.2. The van der Waals surface area contributed by atoms with Crippen molar-refractivity contribution in [2.75, 3.05) is 0 Å². The van der Waals surface area contributed by atoms with Crippen LogP contribution in [0.5, 0.6) is 0 Å². The van der Waals surface area contributed by atoms with Crippen LogP contribution in [-0.4, -0.2) is 107 Å². The van der Waals surface area contributed by atoms with Gasteiger partial charge in [-0.2, -0.15) is 0 Å². The van der Waals surface area contributed by atoms with Crippen molar-refractivity contribution in [1.82, 2.24) is 56.5 Å². The number of hydrogen-bond acceptors (Lipinski definition) is 7. The van der Waals surface area contributed by atoms with Gasteiger partial charge in [0.25, 0.3) is 0 Å². The van der Waals surface area contributed by atoms with Crippen molar-refractivity contribution < 1.29 is 33.9 Å². The first-order chi connectivity index (χ1) is 41.4. The molecule has 6 heterocycles. The Morgan fingerprint density at radius 2 is 0.506 bits per heavy atom. The van der Waals surface area contributed by atoms with Crippen LogP contribution in [0.4, 0.5) is 0 Å². The van der Waals surface area contributed by atoms with Crippen molar-refractivity contribution in [1.29, 1.82) is 0 Å².